The number of benzene rings is 1. The van der Waals surface area contributed by atoms with E-state index in [1.165, 1.54) is 6.07 Å². The highest BCUT2D eigenvalue weighted by molar-refractivity contribution is 5.76. The average Bonchev–Trinajstić information content (AvgIpc) is 2.34. The number of carbonyl (C=O) groups excluding carboxylic acids is 1. The van der Waals surface area contributed by atoms with E-state index in [-0.39, 0.29) is 18.3 Å². The SMILES string of the molecule is C=CCNCCC(=O)NCc1ccccc1F. The molecule has 1 aromatic rings. The van der Waals surface area contributed by atoms with Gasteiger partial charge in [-0.25, -0.2) is 4.39 Å². The monoisotopic (exact) mass is 236 g/mol. The lowest BCUT2D eigenvalue weighted by Crippen LogP contribution is -2.27. The minimum atomic E-state index is -0.294. The van der Waals surface area contributed by atoms with Gasteiger partial charge in [0.1, 0.15) is 5.82 Å². The van der Waals surface area contributed by atoms with E-state index in [9.17, 15) is 9.18 Å². The second-order valence-corrected chi connectivity index (χ2v) is 3.61. The molecule has 0 aromatic heterocycles. The third kappa shape index (κ3) is 5.26. The van der Waals surface area contributed by atoms with Gasteiger partial charge in [-0.1, -0.05) is 24.3 Å². The van der Waals surface area contributed by atoms with Crippen LogP contribution in [0.2, 0.25) is 0 Å². The van der Waals surface area contributed by atoms with Crippen molar-refractivity contribution in [1.82, 2.24) is 10.6 Å². The summed E-state index contributed by atoms with van der Waals surface area (Å²) in [5.41, 5.74) is 0.500. The normalized spacial score (nSPS) is 9.94. The first kappa shape index (κ1) is 13.4. The molecule has 2 N–H and O–H groups in total. The fraction of sp³-hybridized carbons (Fsp3) is 0.308. The van der Waals surface area contributed by atoms with Gasteiger partial charge in [0.2, 0.25) is 5.91 Å². The Morgan fingerprint density at radius 2 is 2.18 bits per heavy atom. The van der Waals surface area contributed by atoms with E-state index in [0.717, 1.165) is 0 Å². The second-order valence-electron chi connectivity index (χ2n) is 3.61. The standard InChI is InChI=1S/C13H17FN2O/c1-2-8-15-9-7-13(17)16-10-11-5-3-4-6-12(11)14/h2-6,15H,1,7-10H2,(H,16,17). The van der Waals surface area contributed by atoms with Gasteiger partial charge in [-0.05, 0) is 6.07 Å². The summed E-state index contributed by atoms with van der Waals surface area (Å²) in [5, 5.41) is 5.69. The summed E-state index contributed by atoms with van der Waals surface area (Å²) >= 11 is 0. The molecule has 0 unspecified atom stereocenters. The molecule has 0 radical (unpaired) electrons. The molecule has 0 bridgehead atoms. The summed E-state index contributed by atoms with van der Waals surface area (Å²) in [4.78, 5) is 11.4. The molecule has 0 saturated carbocycles. The maximum absolute atomic E-state index is 13.2. The first-order valence-electron chi connectivity index (χ1n) is 5.55. The molecule has 0 fully saturated rings. The van der Waals surface area contributed by atoms with Crippen LogP contribution in [0.15, 0.2) is 36.9 Å². The average molecular weight is 236 g/mol. The molecule has 0 saturated heterocycles. The summed E-state index contributed by atoms with van der Waals surface area (Å²) < 4.78 is 13.2. The summed E-state index contributed by atoms with van der Waals surface area (Å²) in [5.74, 6) is -0.387. The van der Waals surface area contributed by atoms with Crippen LogP contribution in [0, 0.1) is 5.82 Å². The van der Waals surface area contributed by atoms with Crippen LogP contribution in [0.25, 0.3) is 0 Å². The first-order valence-corrected chi connectivity index (χ1v) is 5.55. The van der Waals surface area contributed by atoms with Crippen molar-refractivity contribution in [3.63, 3.8) is 0 Å². The van der Waals surface area contributed by atoms with Crippen molar-refractivity contribution < 1.29 is 9.18 Å². The molecule has 1 aromatic carbocycles. The predicted octanol–water partition coefficient (Wildman–Crippen LogP) is 1.61. The number of nitrogens with one attached hydrogen (secondary N) is 2. The Morgan fingerprint density at radius 3 is 2.88 bits per heavy atom. The third-order valence-electron chi connectivity index (χ3n) is 2.25. The van der Waals surface area contributed by atoms with Gasteiger partial charge in [0.15, 0.2) is 0 Å². The van der Waals surface area contributed by atoms with E-state index < -0.39 is 0 Å². The van der Waals surface area contributed by atoms with Crippen LogP contribution in [0.1, 0.15) is 12.0 Å². The third-order valence-corrected chi connectivity index (χ3v) is 2.25. The molecule has 0 atom stereocenters. The van der Waals surface area contributed by atoms with Crippen molar-refractivity contribution in [3.8, 4) is 0 Å². The highest BCUT2D eigenvalue weighted by Gasteiger charge is 2.03. The van der Waals surface area contributed by atoms with E-state index in [2.05, 4.69) is 17.2 Å². The van der Waals surface area contributed by atoms with Crippen LogP contribution in [0.5, 0.6) is 0 Å². The van der Waals surface area contributed by atoms with Crippen LogP contribution >= 0.6 is 0 Å². The molecule has 0 aliphatic heterocycles. The molecule has 4 heteroatoms. The molecular formula is C13H17FN2O. The first-order chi connectivity index (χ1) is 8.24. The lowest BCUT2D eigenvalue weighted by atomic mass is 10.2. The number of rotatable bonds is 7. The van der Waals surface area contributed by atoms with Crippen LogP contribution in [0.4, 0.5) is 4.39 Å². The molecule has 1 amide bonds. The Kier molecular flexibility index (Phi) is 5.96. The Morgan fingerprint density at radius 1 is 1.41 bits per heavy atom. The largest absolute Gasteiger partial charge is 0.352 e. The number of hydrogen-bond donors (Lipinski definition) is 2. The van der Waals surface area contributed by atoms with Crippen molar-refractivity contribution in [3.05, 3.63) is 48.3 Å². The van der Waals surface area contributed by atoms with Gasteiger partial charge in [0.05, 0.1) is 0 Å². The van der Waals surface area contributed by atoms with Crippen LogP contribution in [0.3, 0.4) is 0 Å². The van der Waals surface area contributed by atoms with Crippen molar-refractivity contribution in [2.24, 2.45) is 0 Å². The zero-order chi connectivity index (χ0) is 12.5. The van der Waals surface area contributed by atoms with E-state index >= 15 is 0 Å². The molecule has 0 aliphatic rings. The minimum absolute atomic E-state index is 0.0928. The lowest BCUT2D eigenvalue weighted by molar-refractivity contribution is -0.121. The summed E-state index contributed by atoms with van der Waals surface area (Å²) in [6.45, 7) is 5.06. The molecule has 0 heterocycles. The predicted molar refractivity (Wildman–Crippen MR) is 65.9 cm³/mol. The summed E-state index contributed by atoms with van der Waals surface area (Å²) in [6.07, 6.45) is 2.11. The van der Waals surface area contributed by atoms with Crippen molar-refractivity contribution in [1.29, 1.82) is 0 Å². The molecular weight excluding hydrogens is 219 g/mol. The maximum Gasteiger partial charge on any atom is 0.221 e. The van der Waals surface area contributed by atoms with E-state index in [4.69, 9.17) is 0 Å². The van der Waals surface area contributed by atoms with Crippen molar-refractivity contribution >= 4 is 5.91 Å². The van der Waals surface area contributed by atoms with E-state index in [1.54, 1.807) is 24.3 Å². The highest BCUT2D eigenvalue weighted by atomic mass is 19.1. The van der Waals surface area contributed by atoms with Gasteiger partial charge in [-0.2, -0.15) is 0 Å². The number of halogens is 1. The van der Waals surface area contributed by atoms with Gasteiger partial charge in [0.25, 0.3) is 0 Å². The number of amides is 1. The van der Waals surface area contributed by atoms with Gasteiger partial charge in [0, 0.05) is 31.6 Å². The molecule has 17 heavy (non-hydrogen) atoms. The molecule has 0 spiro atoms. The highest BCUT2D eigenvalue weighted by Crippen LogP contribution is 2.05. The fourth-order valence-corrected chi connectivity index (χ4v) is 1.33. The van der Waals surface area contributed by atoms with Crippen LogP contribution in [-0.4, -0.2) is 19.0 Å². The zero-order valence-electron chi connectivity index (χ0n) is 9.71. The topological polar surface area (TPSA) is 41.1 Å². The number of carbonyl (C=O) groups is 1. The van der Waals surface area contributed by atoms with Gasteiger partial charge >= 0.3 is 0 Å². The van der Waals surface area contributed by atoms with Gasteiger partial charge in [-0.3, -0.25) is 4.79 Å². The van der Waals surface area contributed by atoms with Gasteiger partial charge < -0.3 is 10.6 Å². The van der Waals surface area contributed by atoms with Crippen molar-refractivity contribution in [2.45, 2.75) is 13.0 Å². The quantitative estimate of drug-likeness (QED) is 0.558. The van der Waals surface area contributed by atoms with E-state index in [1.807, 2.05) is 0 Å². The second kappa shape index (κ2) is 7.57. The summed E-state index contributed by atoms with van der Waals surface area (Å²) in [7, 11) is 0. The summed E-state index contributed by atoms with van der Waals surface area (Å²) in [6, 6.07) is 6.41. The molecule has 0 aliphatic carbocycles. The molecule has 3 nitrogen and oxygen atoms in total. The Bertz CT molecular complexity index is 379. The van der Waals surface area contributed by atoms with E-state index in [0.29, 0.717) is 25.1 Å². The zero-order valence-corrected chi connectivity index (χ0v) is 9.71. The number of hydrogen-bond acceptors (Lipinski definition) is 2. The maximum atomic E-state index is 13.2. The molecule has 92 valence electrons. The smallest absolute Gasteiger partial charge is 0.221 e. The Labute approximate surface area is 101 Å². The Hall–Kier alpha value is -1.68. The van der Waals surface area contributed by atoms with Crippen LogP contribution in [-0.2, 0) is 11.3 Å². The Balaban J connectivity index is 2.24. The van der Waals surface area contributed by atoms with Crippen LogP contribution < -0.4 is 10.6 Å². The lowest BCUT2D eigenvalue weighted by Gasteiger charge is -2.06. The molecule has 1 rings (SSSR count). The fourth-order valence-electron chi connectivity index (χ4n) is 1.33. The minimum Gasteiger partial charge on any atom is -0.352 e. The van der Waals surface area contributed by atoms with Gasteiger partial charge in [-0.15, -0.1) is 6.58 Å². The van der Waals surface area contributed by atoms with Crippen molar-refractivity contribution in [2.75, 3.05) is 13.1 Å².